The van der Waals surface area contributed by atoms with E-state index in [0.717, 1.165) is 11.1 Å². The highest BCUT2D eigenvalue weighted by Gasteiger charge is 2.05. The zero-order valence-corrected chi connectivity index (χ0v) is 7.49. The first-order valence-corrected chi connectivity index (χ1v) is 4.15. The van der Waals surface area contributed by atoms with Crippen LogP contribution in [-0.4, -0.2) is 5.78 Å². The molecule has 1 aromatic rings. The summed E-state index contributed by atoms with van der Waals surface area (Å²) < 4.78 is 0. The van der Waals surface area contributed by atoms with Crippen LogP contribution >= 0.6 is 0 Å². The molecule has 66 valence electrons. The van der Waals surface area contributed by atoms with E-state index in [1.807, 2.05) is 24.3 Å². The summed E-state index contributed by atoms with van der Waals surface area (Å²) in [5.41, 5.74) is 1.60. The van der Waals surface area contributed by atoms with E-state index in [1.165, 1.54) is 0 Å². The topological polar surface area (TPSA) is 17.1 Å². The summed E-state index contributed by atoms with van der Waals surface area (Å²) in [7, 11) is 0. The fraction of sp³-hybridized carbons (Fsp3) is 0.0833. The lowest BCUT2D eigenvalue weighted by atomic mass is 10.0. The lowest BCUT2D eigenvalue weighted by molar-refractivity contribution is 0.0996. The molecule has 1 nitrogen and oxygen atoms in total. The third kappa shape index (κ3) is 2.15. The van der Waals surface area contributed by atoms with Crippen molar-refractivity contribution < 1.29 is 4.79 Å². The van der Waals surface area contributed by atoms with Crippen molar-refractivity contribution in [2.24, 2.45) is 0 Å². The van der Waals surface area contributed by atoms with Crippen molar-refractivity contribution in [1.82, 2.24) is 0 Å². The second-order valence-corrected chi connectivity index (χ2v) is 2.71. The quantitative estimate of drug-likeness (QED) is 0.504. The summed E-state index contributed by atoms with van der Waals surface area (Å²) in [6, 6.07) is 7.43. The number of benzene rings is 1. The molecule has 0 spiro atoms. The Kier molecular flexibility index (Phi) is 3.21. The molecule has 0 saturated heterocycles. The molecule has 1 aromatic carbocycles. The molecule has 0 unspecified atom stereocenters. The Labute approximate surface area is 78.4 Å². The number of carbonyl (C=O) groups excluding carboxylic acids is 1. The van der Waals surface area contributed by atoms with Gasteiger partial charge in [-0.05, 0) is 5.56 Å². The van der Waals surface area contributed by atoms with Gasteiger partial charge in [0.25, 0.3) is 0 Å². The first-order valence-electron chi connectivity index (χ1n) is 4.15. The van der Waals surface area contributed by atoms with Gasteiger partial charge in [0.15, 0.2) is 5.78 Å². The minimum atomic E-state index is 0.0884. The molecule has 0 fully saturated rings. The third-order valence-corrected chi connectivity index (χ3v) is 1.81. The molecule has 0 bridgehead atoms. The molecule has 1 rings (SSSR count). The zero-order valence-electron chi connectivity index (χ0n) is 7.49. The summed E-state index contributed by atoms with van der Waals surface area (Å²) in [4.78, 5) is 11.5. The minimum Gasteiger partial charge on any atom is -0.294 e. The third-order valence-electron chi connectivity index (χ3n) is 1.81. The summed E-state index contributed by atoms with van der Waals surface area (Å²) in [5.74, 6) is 0.0884. The monoisotopic (exact) mass is 172 g/mol. The molecule has 0 aliphatic rings. The molecule has 0 aromatic heterocycles. The molecule has 0 amide bonds. The van der Waals surface area contributed by atoms with Gasteiger partial charge in [0, 0.05) is 12.0 Å². The van der Waals surface area contributed by atoms with Crippen LogP contribution in [-0.2, 0) is 0 Å². The van der Waals surface area contributed by atoms with Gasteiger partial charge < -0.3 is 0 Å². The minimum absolute atomic E-state index is 0.0884. The number of Topliss-reactive ketones (excluding diaryl/α,β-unsaturated/α-hetero) is 1. The Hall–Kier alpha value is -1.63. The highest BCUT2D eigenvalue weighted by Crippen LogP contribution is 2.12. The van der Waals surface area contributed by atoms with E-state index < -0.39 is 0 Å². The van der Waals surface area contributed by atoms with Gasteiger partial charge in [-0.2, -0.15) is 0 Å². The van der Waals surface area contributed by atoms with E-state index in [4.69, 9.17) is 0 Å². The van der Waals surface area contributed by atoms with Gasteiger partial charge in [0.1, 0.15) is 0 Å². The van der Waals surface area contributed by atoms with Gasteiger partial charge in [0.05, 0.1) is 0 Å². The summed E-state index contributed by atoms with van der Waals surface area (Å²) >= 11 is 0. The first-order chi connectivity index (χ1) is 6.29. The van der Waals surface area contributed by atoms with E-state index in [-0.39, 0.29) is 5.78 Å². The van der Waals surface area contributed by atoms with Crippen molar-refractivity contribution >= 4 is 11.9 Å². The number of carbonyl (C=O) groups is 1. The van der Waals surface area contributed by atoms with E-state index in [2.05, 4.69) is 13.2 Å². The maximum absolute atomic E-state index is 11.5. The Morgan fingerprint density at radius 2 is 2.00 bits per heavy atom. The lowest BCUT2D eigenvalue weighted by Crippen LogP contribution is -1.99. The van der Waals surface area contributed by atoms with Crippen LogP contribution in [0.3, 0.4) is 0 Å². The molecule has 0 N–H and O–H groups in total. The van der Waals surface area contributed by atoms with E-state index >= 15 is 0 Å². The van der Waals surface area contributed by atoms with Crippen LogP contribution in [0.4, 0.5) is 0 Å². The number of hydrogen-bond acceptors (Lipinski definition) is 1. The molecule has 13 heavy (non-hydrogen) atoms. The van der Waals surface area contributed by atoms with Crippen molar-refractivity contribution in [1.29, 1.82) is 0 Å². The molecular formula is C12H12O. The van der Waals surface area contributed by atoms with Crippen LogP contribution in [0.2, 0.25) is 0 Å². The van der Waals surface area contributed by atoms with Crippen LogP contribution in [0, 0.1) is 0 Å². The molecule has 0 aliphatic carbocycles. The second kappa shape index (κ2) is 4.41. The van der Waals surface area contributed by atoms with Gasteiger partial charge >= 0.3 is 0 Å². The second-order valence-electron chi connectivity index (χ2n) is 2.71. The summed E-state index contributed by atoms with van der Waals surface area (Å²) in [6.07, 6.45) is 3.68. The van der Waals surface area contributed by atoms with Gasteiger partial charge in [-0.1, -0.05) is 43.0 Å². The predicted molar refractivity (Wildman–Crippen MR) is 55.7 cm³/mol. The van der Waals surface area contributed by atoms with Crippen molar-refractivity contribution in [2.45, 2.75) is 6.42 Å². The molecule has 1 heteroatoms. The molecule has 0 heterocycles. The van der Waals surface area contributed by atoms with E-state index in [1.54, 1.807) is 12.2 Å². The fourth-order valence-electron chi connectivity index (χ4n) is 1.17. The largest absolute Gasteiger partial charge is 0.294 e. The predicted octanol–water partition coefficient (Wildman–Crippen LogP) is 3.09. The standard InChI is InChI=1S/C12H12O/c1-3-7-12(13)11-9-6-5-8-10(11)4-2/h3-6,8-9H,1-2,7H2. The average Bonchev–Trinajstić information content (AvgIpc) is 2.18. The van der Waals surface area contributed by atoms with E-state index in [9.17, 15) is 4.79 Å². The Morgan fingerprint density at radius 1 is 1.31 bits per heavy atom. The van der Waals surface area contributed by atoms with E-state index in [0.29, 0.717) is 6.42 Å². The van der Waals surface area contributed by atoms with Crippen LogP contribution in [0.15, 0.2) is 43.5 Å². The van der Waals surface area contributed by atoms with Gasteiger partial charge in [-0.25, -0.2) is 0 Å². The maximum atomic E-state index is 11.5. The van der Waals surface area contributed by atoms with Crippen LogP contribution in [0.25, 0.3) is 6.08 Å². The van der Waals surface area contributed by atoms with Crippen LogP contribution in [0.5, 0.6) is 0 Å². The van der Waals surface area contributed by atoms with Crippen LogP contribution in [0.1, 0.15) is 22.3 Å². The maximum Gasteiger partial charge on any atom is 0.167 e. The Balaban J connectivity index is 3.05. The smallest absolute Gasteiger partial charge is 0.167 e. The summed E-state index contributed by atoms with van der Waals surface area (Å²) in [5, 5.41) is 0. The highest BCUT2D eigenvalue weighted by atomic mass is 16.1. The van der Waals surface area contributed by atoms with Crippen LogP contribution < -0.4 is 0 Å². The average molecular weight is 172 g/mol. The molecule has 0 aliphatic heterocycles. The first kappa shape index (κ1) is 9.46. The van der Waals surface area contributed by atoms with Gasteiger partial charge in [-0.15, -0.1) is 6.58 Å². The number of ketones is 1. The SMILES string of the molecule is C=CCC(=O)c1ccccc1C=C. The van der Waals surface area contributed by atoms with Crippen molar-refractivity contribution in [3.63, 3.8) is 0 Å². The highest BCUT2D eigenvalue weighted by molar-refractivity contribution is 6.00. The van der Waals surface area contributed by atoms with Gasteiger partial charge in [-0.3, -0.25) is 4.79 Å². The fourth-order valence-corrected chi connectivity index (χ4v) is 1.17. The number of rotatable bonds is 4. The van der Waals surface area contributed by atoms with Gasteiger partial charge in [0.2, 0.25) is 0 Å². The Bertz CT molecular complexity index is 337. The lowest BCUT2D eigenvalue weighted by Gasteiger charge is -2.01. The van der Waals surface area contributed by atoms with Crippen molar-refractivity contribution in [3.05, 3.63) is 54.6 Å². The number of hydrogen-bond donors (Lipinski definition) is 0. The van der Waals surface area contributed by atoms with Crippen molar-refractivity contribution in [2.75, 3.05) is 0 Å². The molecule has 0 saturated carbocycles. The Morgan fingerprint density at radius 3 is 2.62 bits per heavy atom. The number of allylic oxidation sites excluding steroid dienone is 1. The zero-order chi connectivity index (χ0) is 9.68. The molecule has 0 radical (unpaired) electrons. The molecule has 0 atom stereocenters. The summed E-state index contributed by atoms with van der Waals surface area (Å²) in [6.45, 7) is 7.19. The van der Waals surface area contributed by atoms with Crippen molar-refractivity contribution in [3.8, 4) is 0 Å². The molecular weight excluding hydrogens is 160 g/mol. The normalized spacial score (nSPS) is 9.23.